The van der Waals surface area contributed by atoms with E-state index in [1.54, 1.807) is 31.2 Å². The highest BCUT2D eigenvalue weighted by atomic mass is 16.2. The third-order valence-electron chi connectivity index (χ3n) is 3.93. The van der Waals surface area contributed by atoms with Crippen LogP contribution in [-0.2, 0) is 9.59 Å². The van der Waals surface area contributed by atoms with E-state index in [2.05, 4.69) is 24.5 Å². The highest BCUT2D eigenvalue weighted by Gasteiger charge is 2.47. The molecule has 1 fully saturated rings. The number of imide groups is 1. The van der Waals surface area contributed by atoms with Gasteiger partial charge in [-0.3, -0.25) is 14.5 Å². The zero-order valence-electron chi connectivity index (χ0n) is 13.8. The lowest BCUT2D eigenvalue weighted by Gasteiger charge is -2.22. The first-order chi connectivity index (χ1) is 10.8. The number of carbonyl (C=O) groups is 3. The summed E-state index contributed by atoms with van der Waals surface area (Å²) < 4.78 is 0. The molecule has 1 aliphatic heterocycles. The van der Waals surface area contributed by atoms with Gasteiger partial charge in [0.1, 0.15) is 12.1 Å². The molecule has 0 unspecified atom stereocenters. The molecule has 0 saturated carbocycles. The van der Waals surface area contributed by atoms with Crippen LogP contribution < -0.4 is 10.6 Å². The first-order valence-corrected chi connectivity index (χ1v) is 7.81. The molecule has 1 aliphatic rings. The van der Waals surface area contributed by atoms with Gasteiger partial charge in [0.25, 0.3) is 5.91 Å². The lowest BCUT2D eigenvalue weighted by atomic mass is 9.92. The van der Waals surface area contributed by atoms with Crippen LogP contribution in [0, 0.1) is 5.92 Å². The standard InChI is InChI=1S/C17H23N3O3/c1-12(2)9-10-17(3)15(22)20(16(23)19-17)11-14(21)18-13-7-5-4-6-8-13/h4-8,12H,9-11H2,1-3H3,(H,18,21)(H,19,23)/t17-/m0/s1. The van der Waals surface area contributed by atoms with Gasteiger partial charge in [0.15, 0.2) is 0 Å². The van der Waals surface area contributed by atoms with Gasteiger partial charge >= 0.3 is 6.03 Å². The Hall–Kier alpha value is -2.37. The van der Waals surface area contributed by atoms with E-state index in [-0.39, 0.29) is 12.5 Å². The van der Waals surface area contributed by atoms with Crippen molar-refractivity contribution in [1.29, 1.82) is 0 Å². The molecule has 2 rings (SSSR count). The second kappa shape index (κ2) is 6.81. The van der Waals surface area contributed by atoms with Gasteiger partial charge in [0.2, 0.25) is 5.91 Å². The first kappa shape index (κ1) is 17.0. The monoisotopic (exact) mass is 317 g/mol. The summed E-state index contributed by atoms with van der Waals surface area (Å²) >= 11 is 0. The highest BCUT2D eigenvalue weighted by molar-refractivity contribution is 6.09. The van der Waals surface area contributed by atoms with Crippen LogP contribution in [0.25, 0.3) is 0 Å². The summed E-state index contributed by atoms with van der Waals surface area (Å²) in [5, 5.41) is 5.39. The van der Waals surface area contributed by atoms with E-state index in [0.717, 1.165) is 11.3 Å². The van der Waals surface area contributed by atoms with E-state index in [4.69, 9.17) is 0 Å². The number of benzene rings is 1. The SMILES string of the molecule is CC(C)CC[C@]1(C)NC(=O)N(CC(=O)Nc2ccccc2)C1=O. The van der Waals surface area contributed by atoms with E-state index < -0.39 is 17.5 Å². The molecule has 1 heterocycles. The van der Waals surface area contributed by atoms with Gasteiger partial charge in [0.05, 0.1) is 0 Å². The molecule has 1 aromatic rings. The van der Waals surface area contributed by atoms with Crippen molar-refractivity contribution < 1.29 is 14.4 Å². The maximum absolute atomic E-state index is 12.5. The van der Waals surface area contributed by atoms with E-state index in [1.807, 2.05) is 6.07 Å². The quantitative estimate of drug-likeness (QED) is 0.791. The summed E-state index contributed by atoms with van der Waals surface area (Å²) in [6.07, 6.45) is 1.39. The van der Waals surface area contributed by atoms with Crippen LogP contribution in [0.3, 0.4) is 0 Å². The summed E-state index contributed by atoms with van der Waals surface area (Å²) in [6, 6.07) is 8.42. The number of nitrogens with one attached hydrogen (secondary N) is 2. The van der Waals surface area contributed by atoms with E-state index in [9.17, 15) is 14.4 Å². The zero-order chi connectivity index (χ0) is 17.0. The lowest BCUT2D eigenvalue weighted by molar-refractivity contribution is -0.133. The van der Waals surface area contributed by atoms with Crippen molar-refractivity contribution in [1.82, 2.24) is 10.2 Å². The van der Waals surface area contributed by atoms with Crippen LogP contribution in [0.5, 0.6) is 0 Å². The van der Waals surface area contributed by atoms with Gasteiger partial charge in [-0.2, -0.15) is 0 Å². The fourth-order valence-electron chi connectivity index (χ4n) is 2.50. The molecule has 6 nitrogen and oxygen atoms in total. The average Bonchev–Trinajstić information content (AvgIpc) is 2.70. The molecular weight excluding hydrogens is 294 g/mol. The smallest absolute Gasteiger partial charge is 0.325 e. The molecule has 23 heavy (non-hydrogen) atoms. The Morgan fingerprint density at radius 3 is 2.52 bits per heavy atom. The first-order valence-electron chi connectivity index (χ1n) is 7.81. The van der Waals surface area contributed by atoms with Crippen LogP contribution in [0.1, 0.15) is 33.6 Å². The third-order valence-corrected chi connectivity index (χ3v) is 3.93. The largest absolute Gasteiger partial charge is 0.325 e. The van der Waals surface area contributed by atoms with E-state index in [0.29, 0.717) is 18.0 Å². The molecule has 0 radical (unpaired) electrons. The van der Waals surface area contributed by atoms with Crippen molar-refractivity contribution >= 4 is 23.5 Å². The van der Waals surface area contributed by atoms with Gasteiger partial charge in [-0.25, -0.2) is 4.79 Å². The van der Waals surface area contributed by atoms with Crippen molar-refractivity contribution in [3.05, 3.63) is 30.3 Å². The Balaban J connectivity index is 1.98. The van der Waals surface area contributed by atoms with E-state index in [1.165, 1.54) is 0 Å². The van der Waals surface area contributed by atoms with Gasteiger partial charge in [0, 0.05) is 5.69 Å². The van der Waals surface area contributed by atoms with Crippen LogP contribution >= 0.6 is 0 Å². The van der Waals surface area contributed by atoms with E-state index >= 15 is 0 Å². The van der Waals surface area contributed by atoms with Crippen LogP contribution in [0.15, 0.2) is 30.3 Å². The minimum Gasteiger partial charge on any atom is -0.325 e. The summed E-state index contributed by atoms with van der Waals surface area (Å²) in [6.45, 7) is 5.56. The van der Waals surface area contributed by atoms with Crippen molar-refractivity contribution in [3.8, 4) is 0 Å². The second-order valence-corrected chi connectivity index (χ2v) is 6.50. The summed E-state index contributed by atoms with van der Waals surface area (Å²) in [5.41, 5.74) is -0.291. The number of rotatable bonds is 6. The van der Waals surface area contributed by atoms with Crippen molar-refractivity contribution in [3.63, 3.8) is 0 Å². The number of anilines is 1. The maximum Gasteiger partial charge on any atom is 0.325 e. The Kier molecular flexibility index (Phi) is 5.03. The molecule has 2 N–H and O–H groups in total. The molecule has 6 heteroatoms. The molecule has 4 amide bonds. The van der Waals surface area contributed by atoms with Crippen molar-refractivity contribution in [2.75, 3.05) is 11.9 Å². The Labute approximate surface area is 136 Å². The van der Waals surface area contributed by atoms with Gasteiger partial charge in [-0.05, 0) is 37.8 Å². The number of para-hydroxylation sites is 1. The molecule has 0 spiro atoms. The van der Waals surface area contributed by atoms with Gasteiger partial charge in [-0.15, -0.1) is 0 Å². The molecule has 0 aromatic heterocycles. The normalized spacial score (nSPS) is 20.8. The number of urea groups is 1. The number of hydrogen-bond acceptors (Lipinski definition) is 3. The van der Waals surface area contributed by atoms with Crippen molar-refractivity contribution in [2.45, 2.75) is 39.2 Å². The number of hydrogen-bond donors (Lipinski definition) is 2. The Morgan fingerprint density at radius 2 is 1.91 bits per heavy atom. The van der Waals surface area contributed by atoms with Crippen LogP contribution in [0.4, 0.5) is 10.5 Å². The average molecular weight is 317 g/mol. The van der Waals surface area contributed by atoms with Crippen molar-refractivity contribution in [2.24, 2.45) is 5.92 Å². The second-order valence-electron chi connectivity index (χ2n) is 6.50. The Morgan fingerprint density at radius 1 is 1.26 bits per heavy atom. The highest BCUT2D eigenvalue weighted by Crippen LogP contribution is 2.24. The van der Waals surface area contributed by atoms with Gasteiger partial charge < -0.3 is 10.6 Å². The fourth-order valence-corrected chi connectivity index (χ4v) is 2.50. The topological polar surface area (TPSA) is 78.5 Å². The molecule has 1 atom stereocenters. The number of nitrogens with zero attached hydrogens (tertiary/aromatic N) is 1. The van der Waals surface area contributed by atoms with Crippen LogP contribution in [-0.4, -0.2) is 34.8 Å². The summed E-state index contributed by atoms with van der Waals surface area (Å²) in [7, 11) is 0. The van der Waals surface area contributed by atoms with Crippen LogP contribution in [0.2, 0.25) is 0 Å². The molecule has 1 aromatic carbocycles. The molecular formula is C17H23N3O3. The zero-order valence-corrected chi connectivity index (χ0v) is 13.8. The fraction of sp³-hybridized carbons (Fsp3) is 0.471. The summed E-state index contributed by atoms with van der Waals surface area (Å²) in [4.78, 5) is 37.6. The maximum atomic E-state index is 12.5. The lowest BCUT2D eigenvalue weighted by Crippen LogP contribution is -2.44. The predicted octanol–water partition coefficient (Wildman–Crippen LogP) is 2.37. The molecule has 1 saturated heterocycles. The molecule has 124 valence electrons. The summed E-state index contributed by atoms with van der Waals surface area (Å²) in [5.74, 6) is -0.300. The number of amides is 4. The molecule has 0 aliphatic carbocycles. The molecule has 0 bridgehead atoms. The minimum atomic E-state index is -0.922. The van der Waals surface area contributed by atoms with Gasteiger partial charge in [-0.1, -0.05) is 32.0 Å². The number of carbonyl (C=O) groups excluding carboxylic acids is 3. The third kappa shape index (κ3) is 4.09. The predicted molar refractivity (Wildman–Crippen MR) is 87.8 cm³/mol. The minimum absolute atomic E-state index is 0.281. The Bertz CT molecular complexity index is 600.